The van der Waals surface area contributed by atoms with Crippen LogP contribution in [-0.4, -0.2) is 43.9 Å². The highest BCUT2D eigenvalue weighted by Crippen LogP contribution is 2.39. The summed E-state index contributed by atoms with van der Waals surface area (Å²) in [5.41, 5.74) is 4.19. The zero-order valence-electron chi connectivity index (χ0n) is 21.7. The van der Waals surface area contributed by atoms with Crippen molar-refractivity contribution in [2.75, 3.05) is 11.9 Å². The van der Waals surface area contributed by atoms with Crippen molar-refractivity contribution in [1.29, 1.82) is 0 Å². The number of aromatic nitrogens is 5. The fourth-order valence-corrected chi connectivity index (χ4v) is 4.68. The van der Waals surface area contributed by atoms with Crippen molar-refractivity contribution in [3.05, 3.63) is 84.7 Å². The molecule has 1 atom stereocenters. The molecule has 8 nitrogen and oxygen atoms in total. The lowest BCUT2D eigenvalue weighted by atomic mass is 9.95. The number of aromatic amines is 1. The Bertz CT molecular complexity index is 1670. The smallest absolute Gasteiger partial charge is 0.241 e. The molecule has 41 heavy (non-hydrogen) atoms. The maximum absolute atomic E-state index is 13.4. The Labute approximate surface area is 233 Å². The molecule has 1 amide bonds. The zero-order valence-corrected chi connectivity index (χ0v) is 21.7. The molecule has 4 heterocycles. The summed E-state index contributed by atoms with van der Waals surface area (Å²) >= 11 is 0. The number of benzene rings is 1. The van der Waals surface area contributed by atoms with Gasteiger partial charge in [0.25, 0.3) is 0 Å². The van der Waals surface area contributed by atoms with Crippen LogP contribution >= 0.6 is 0 Å². The first-order chi connectivity index (χ1) is 20.0. The van der Waals surface area contributed by atoms with Gasteiger partial charge in [0.05, 0.1) is 29.5 Å². The summed E-state index contributed by atoms with van der Waals surface area (Å²) in [5.74, 6) is -1.27. The van der Waals surface area contributed by atoms with Crippen LogP contribution in [0.25, 0.3) is 33.5 Å². The van der Waals surface area contributed by atoms with E-state index in [1.165, 1.54) is 24.7 Å². The van der Waals surface area contributed by atoms with Crippen LogP contribution in [0.3, 0.4) is 0 Å². The van der Waals surface area contributed by atoms with Gasteiger partial charge in [-0.3, -0.25) is 9.78 Å². The van der Waals surface area contributed by atoms with Gasteiger partial charge in [-0.15, -0.1) is 0 Å². The Kier molecular flexibility index (Phi) is 7.32. The first-order valence-electron chi connectivity index (χ1n) is 13.2. The summed E-state index contributed by atoms with van der Waals surface area (Å²) in [6.45, 7) is 0.568. The van der Waals surface area contributed by atoms with Gasteiger partial charge in [-0.25, -0.2) is 23.1 Å². The number of fused-ring (bicyclic) bond motifs is 1. The van der Waals surface area contributed by atoms with Crippen molar-refractivity contribution in [2.24, 2.45) is 5.92 Å². The third-order valence-corrected chi connectivity index (χ3v) is 6.93. The molecule has 1 aliphatic carbocycles. The number of rotatable bonds is 10. The van der Waals surface area contributed by atoms with Gasteiger partial charge in [-0.05, 0) is 60.7 Å². The van der Waals surface area contributed by atoms with Crippen LogP contribution in [0.15, 0.2) is 73.3 Å². The van der Waals surface area contributed by atoms with Gasteiger partial charge < -0.3 is 15.0 Å². The van der Waals surface area contributed by atoms with Crippen molar-refractivity contribution < 1.29 is 22.7 Å². The van der Waals surface area contributed by atoms with Crippen molar-refractivity contribution in [2.45, 2.75) is 31.6 Å². The van der Waals surface area contributed by atoms with E-state index in [1.807, 2.05) is 18.2 Å². The summed E-state index contributed by atoms with van der Waals surface area (Å²) in [7, 11) is 0. The number of nitrogens with one attached hydrogen (secondary N) is 2. The number of hydrogen-bond acceptors (Lipinski definition) is 6. The highest BCUT2D eigenvalue weighted by atomic mass is 19.3. The summed E-state index contributed by atoms with van der Waals surface area (Å²) in [6, 6.07) is 13.9. The fraction of sp³-hybridized carbons (Fsp3) is 0.233. The van der Waals surface area contributed by atoms with Crippen LogP contribution in [0, 0.1) is 11.7 Å². The van der Waals surface area contributed by atoms with E-state index in [0.717, 1.165) is 25.0 Å². The number of carbonyl (C=O) groups is 1. The minimum Gasteiger partial charge on any atom is -0.476 e. The summed E-state index contributed by atoms with van der Waals surface area (Å²) in [6.07, 6.45) is 3.45. The topological polar surface area (TPSA) is 106 Å². The summed E-state index contributed by atoms with van der Waals surface area (Å²) in [5, 5.41) is 2.66. The van der Waals surface area contributed by atoms with E-state index in [9.17, 15) is 18.0 Å². The lowest BCUT2D eigenvalue weighted by Crippen LogP contribution is -2.23. The highest BCUT2D eigenvalue weighted by molar-refractivity contribution is 6.02. The molecule has 5 aromatic rings. The number of ether oxygens (including phenoxy) is 1. The van der Waals surface area contributed by atoms with Crippen LogP contribution in [0.4, 0.5) is 19.0 Å². The van der Waals surface area contributed by atoms with Crippen LogP contribution in [0.1, 0.15) is 30.7 Å². The predicted molar refractivity (Wildman–Crippen MR) is 147 cm³/mol. The lowest BCUT2D eigenvalue weighted by Gasteiger charge is -2.17. The van der Waals surface area contributed by atoms with Gasteiger partial charge in [0.1, 0.15) is 29.0 Å². The van der Waals surface area contributed by atoms with E-state index in [1.54, 1.807) is 18.3 Å². The molecule has 0 saturated heterocycles. The maximum Gasteiger partial charge on any atom is 0.241 e. The average molecular weight is 559 g/mol. The Balaban J connectivity index is 1.36. The first kappa shape index (κ1) is 26.4. The molecule has 1 aromatic carbocycles. The number of nitrogens with zero attached hydrogens (tertiary/aromatic N) is 4. The van der Waals surface area contributed by atoms with Gasteiger partial charge in [0.15, 0.2) is 0 Å². The Hall–Kier alpha value is -4.80. The molecule has 1 saturated carbocycles. The third-order valence-electron chi connectivity index (χ3n) is 6.93. The van der Waals surface area contributed by atoms with Crippen molar-refractivity contribution >= 4 is 22.8 Å². The molecular weight excluding hydrogens is 533 g/mol. The largest absolute Gasteiger partial charge is 0.476 e. The van der Waals surface area contributed by atoms with Gasteiger partial charge in [0, 0.05) is 24.4 Å². The molecule has 0 spiro atoms. The fourth-order valence-electron chi connectivity index (χ4n) is 4.68. The molecular formula is C30H25F3N6O2. The van der Waals surface area contributed by atoms with Crippen LogP contribution in [0.5, 0.6) is 5.88 Å². The number of alkyl halides is 2. The Morgan fingerprint density at radius 3 is 2.59 bits per heavy atom. The van der Waals surface area contributed by atoms with E-state index in [0.29, 0.717) is 52.0 Å². The lowest BCUT2D eigenvalue weighted by molar-refractivity contribution is -0.118. The van der Waals surface area contributed by atoms with Gasteiger partial charge in [-0.1, -0.05) is 18.2 Å². The first-order valence-corrected chi connectivity index (χ1v) is 13.2. The molecule has 0 bridgehead atoms. The SMILES string of the molecule is O=C(Nc1cc(-c2[nH]c3c(OCC4CC4)ncnc3c2-c2ccccn2)ccn1)[C@H](CC(F)F)c1ccc(F)cc1. The molecule has 0 aliphatic heterocycles. The number of pyridine rings is 2. The van der Waals surface area contributed by atoms with Crippen molar-refractivity contribution in [1.82, 2.24) is 24.9 Å². The van der Waals surface area contributed by atoms with Gasteiger partial charge in [0.2, 0.25) is 18.2 Å². The number of H-pyrrole nitrogens is 1. The van der Waals surface area contributed by atoms with Crippen LogP contribution in [0.2, 0.25) is 0 Å². The molecule has 4 aromatic heterocycles. The minimum absolute atomic E-state index is 0.163. The maximum atomic E-state index is 13.4. The molecule has 6 rings (SSSR count). The van der Waals surface area contributed by atoms with E-state index in [2.05, 4.69) is 30.2 Å². The quantitative estimate of drug-likeness (QED) is 0.206. The van der Waals surface area contributed by atoms with E-state index in [-0.39, 0.29) is 11.4 Å². The Morgan fingerprint density at radius 2 is 1.85 bits per heavy atom. The van der Waals surface area contributed by atoms with Crippen LogP contribution < -0.4 is 10.1 Å². The molecule has 208 valence electrons. The van der Waals surface area contributed by atoms with Crippen molar-refractivity contribution in [3.63, 3.8) is 0 Å². The number of halogens is 3. The summed E-state index contributed by atoms with van der Waals surface area (Å²) < 4.78 is 46.2. The second kappa shape index (κ2) is 11.4. The normalized spacial score (nSPS) is 13.9. The minimum atomic E-state index is -2.74. The average Bonchev–Trinajstić information content (AvgIpc) is 3.73. The summed E-state index contributed by atoms with van der Waals surface area (Å²) in [4.78, 5) is 34.2. The molecule has 1 fully saturated rings. The van der Waals surface area contributed by atoms with E-state index >= 15 is 0 Å². The standard InChI is InChI=1S/C30H25F3N6O2/c31-20-8-6-18(7-9-20)21(14-23(32)33)29(40)38-24-13-19(10-12-35-24)26-25(22-3-1-2-11-34-22)27-28(39-26)30(37-16-36-27)41-15-17-4-5-17/h1-3,6-13,16-17,21,23,39H,4-5,14-15H2,(H,35,38,40)/t21-/m1/s1. The molecule has 11 heteroatoms. The second-order valence-corrected chi connectivity index (χ2v) is 9.90. The predicted octanol–water partition coefficient (Wildman–Crippen LogP) is 6.39. The van der Waals surface area contributed by atoms with Crippen molar-refractivity contribution in [3.8, 4) is 28.4 Å². The molecule has 0 unspecified atom stereocenters. The zero-order chi connectivity index (χ0) is 28.3. The molecule has 1 aliphatic rings. The second-order valence-electron chi connectivity index (χ2n) is 9.90. The van der Waals surface area contributed by atoms with E-state index in [4.69, 9.17) is 4.74 Å². The van der Waals surface area contributed by atoms with Gasteiger partial charge in [-0.2, -0.15) is 4.98 Å². The van der Waals surface area contributed by atoms with E-state index < -0.39 is 30.5 Å². The number of amides is 1. The number of hydrogen-bond donors (Lipinski definition) is 2. The molecule has 0 radical (unpaired) electrons. The monoisotopic (exact) mass is 558 g/mol. The van der Waals surface area contributed by atoms with Crippen LogP contribution in [-0.2, 0) is 4.79 Å². The number of anilines is 1. The highest BCUT2D eigenvalue weighted by Gasteiger charge is 2.27. The van der Waals surface area contributed by atoms with Gasteiger partial charge >= 0.3 is 0 Å². The molecule has 2 N–H and O–H groups in total. The Morgan fingerprint density at radius 1 is 1.02 bits per heavy atom. The third kappa shape index (κ3) is 5.88. The number of carbonyl (C=O) groups excluding carboxylic acids is 1.